The number of benzene rings is 2. The Labute approximate surface area is 167 Å². The highest BCUT2D eigenvalue weighted by atomic mass is 35.5. The van der Waals surface area contributed by atoms with Crippen molar-refractivity contribution in [2.45, 2.75) is 26.4 Å². The lowest BCUT2D eigenvalue weighted by molar-refractivity contribution is -0.132. The largest absolute Gasteiger partial charge is 0.420 e. The number of aryl methyl sites for hydroxylation is 1. The van der Waals surface area contributed by atoms with E-state index in [0.717, 1.165) is 6.54 Å². The summed E-state index contributed by atoms with van der Waals surface area (Å²) < 4.78 is 6.59. The molecule has 1 atom stereocenters. The van der Waals surface area contributed by atoms with Crippen molar-refractivity contribution < 1.29 is 9.21 Å². The van der Waals surface area contributed by atoms with Crippen LogP contribution in [0.5, 0.6) is 0 Å². The van der Waals surface area contributed by atoms with Crippen LogP contribution in [0.2, 0.25) is 5.02 Å². The summed E-state index contributed by atoms with van der Waals surface area (Å²) in [6, 6.07) is 13.6. The lowest BCUT2D eigenvalue weighted by atomic mass is 10.1. The third kappa shape index (κ3) is 3.52. The molecule has 0 radical (unpaired) electrons. The molecule has 0 spiro atoms. The molecule has 3 aromatic rings. The molecule has 1 aromatic heterocycles. The van der Waals surface area contributed by atoms with Crippen molar-refractivity contribution in [2.75, 3.05) is 24.5 Å². The van der Waals surface area contributed by atoms with E-state index in [9.17, 15) is 9.59 Å². The summed E-state index contributed by atoms with van der Waals surface area (Å²) in [5, 5.41) is 0.487. The second-order valence-electron chi connectivity index (χ2n) is 7.29. The number of halogens is 1. The first kappa shape index (κ1) is 18.6. The lowest BCUT2D eigenvalue weighted by Gasteiger charge is -2.41. The van der Waals surface area contributed by atoms with Crippen molar-refractivity contribution in [3.8, 4) is 0 Å². The van der Waals surface area contributed by atoms with E-state index < -0.39 is 5.76 Å². The number of anilines is 1. The van der Waals surface area contributed by atoms with Gasteiger partial charge < -0.3 is 14.2 Å². The van der Waals surface area contributed by atoms with Gasteiger partial charge in [-0.25, -0.2) is 4.79 Å². The summed E-state index contributed by atoms with van der Waals surface area (Å²) in [7, 11) is 0. The topological polar surface area (TPSA) is 58.7 Å². The number of hydrogen-bond donors (Lipinski definition) is 0. The number of piperazine rings is 1. The van der Waals surface area contributed by atoms with Gasteiger partial charge >= 0.3 is 5.76 Å². The van der Waals surface area contributed by atoms with Gasteiger partial charge in [-0.2, -0.15) is 0 Å². The van der Waals surface area contributed by atoms with Crippen LogP contribution in [-0.4, -0.2) is 41.1 Å². The fourth-order valence-corrected chi connectivity index (χ4v) is 3.96. The van der Waals surface area contributed by atoms with Crippen molar-refractivity contribution in [2.24, 2.45) is 0 Å². The first-order chi connectivity index (χ1) is 13.4. The van der Waals surface area contributed by atoms with Gasteiger partial charge in [0.15, 0.2) is 5.58 Å². The Morgan fingerprint density at radius 3 is 2.79 bits per heavy atom. The molecule has 4 rings (SSSR count). The van der Waals surface area contributed by atoms with E-state index in [1.54, 1.807) is 18.2 Å². The second-order valence-corrected chi connectivity index (χ2v) is 7.72. The molecule has 28 heavy (non-hydrogen) atoms. The van der Waals surface area contributed by atoms with E-state index in [1.807, 2.05) is 4.90 Å². The predicted octanol–water partition coefficient (Wildman–Crippen LogP) is 3.29. The summed E-state index contributed by atoms with van der Waals surface area (Å²) >= 11 is 5.95. The minimum absolute atomic E-state index is 0.0371. The molecule has 7 heteroatoms. The number of oxazole rings is 1. The SMILES string of the molecule is Cc1cccc(N2CCN(C(=O)Cn3c(=O)oc4cc(Cl)ccc43)C[C@H]2C)c1. The van der Waals surface area contributed by atoms with Gasteiger partial charge in [-0.05, 0) is 43.7 Å². The van der Waals surface area contributed by atoms with Crippen LogP contribution in [-0.2, 0) is 11.3 Å². The van der Waals surface area contributed by atoms with E-state index in [4.69, 9.17) is 16.0 Å². The molecule has 146 valence electrons. The van der Waals surface area contributed by atoms with E-state index in [0.29, 0.717) is 29.2 Å². The van der Waals surface area contributed by atoms with Gasteiger partial charge in [0.1, 0.15) is 6.54 Å². The van der Waals surface area contributed by atoms with Crippen LogP contribution in [0.4, 0.5) is 5.69 Å². The van der Waals surface area contributed by atoms with Crippen molar-refractivity contribution in [1.82, 2.24) is 9.47 Å². The molecule has 0 unspecified atom stereocenters. The highest BCUT2D eigenvalue weighted by Gasteiger charge is 2.27. The Morgan fingerprint density at radius 2 is 2.04 bits per heavy atom. The van der Waals surface area contributed by atoms with Gasteiger partial charge in [0.25, 0.3) is 0 Å². The fourth-order valence-electron chi connectivity index (χ4n) is 3.80. The maximum Gasteiger partial charge on any atom is 0.420 e. The highest BCUT2D eigenvalue weighted by Crippen LogP contribution is 2.22. The normalized spacial score (nSPS) is 17.3. The zero-order valence-corrected chi connectivity index (χ0v) is 16.6. The summed E-state index contributed by atoms with van der Waals surface area (Å²) in [5.41, 5.74) is 3.36. The maximum atomic E-state index is 12.9. The quantitative estimate of drug-likeness (QED) is 0.678. The molecule has 0 aliphatic carbocycles. The molecule has 2 aromatic carbocycles. The average molecular weight is 400 g/mol. The summed E-state index contributed by atoms with van der Waals surface area (Å²) in [6.45, 7) is 6.14. The lowest BCUT2D eigenvalue weighted by Crippen LogP contribution is -2.54. The Bertz CT molecular complexity index is 1090. The Morgan fingerprint density at radius 1 is 1.21 bits per heavy atom. The summed E-state index contributed by atoms with van der Waals surface area (Å²) in [4.78, 5) is 29.2. The number of nitrogens with zero attached hydrogens (tertiary/aromatic N) is 3. The van der Waals surface area contributed by atoms with Crippen LogP contribution in [0.25, 0.3) is 11.1 Å². The van der Waals surface area contributed by atoms with Crippen LogP contribution < -0.4 is 10.7 Å². The second kappa shape index (κ2) is 7.36. The van der Waals surface area contributed by atoms with Gasteiger partial charge in [-0.3, -0.25) is 9.36 Å². The van der Waals surface area contributed by atoms with Gasteiger partial charge in [0, 0.05) is 42.5 Å². The number of carbonyl (C=O) groups is 1. The van der Waals surface area contributed by atoms with Gasteiger partial charge in [-0.1, -0.05) is 23.7 Å². The Hall–Kier alpha value is -2.73. The van der Waals surface area contributed by atoms with E-state index in [1.165, 1.54) is 15.8 Å². The minimum atomic E-state index is -0.544. The zero-order valence-electron chi connectivity index (χ0n) is 15.9. The van der Waals surface area contributed by atoms with Crippen LogP contribution in [0.3, 0.4) is 0 Å². The molecule has 1 aliphatic rings. The third-order valence-corrected chi connectivity index (χ3v) is 5.47. The van der Waals surface area contributed by atoms with Gasteiger partial charge in [0.2, 0.25) is 5.91 Å². The van der Waals surface area contributed by atoms with Gasteiger partial charge in [0.05, 0.1) is 5.52 Å². The molecule has 2 heterocycles. The highest BCUT2D eigenvalue weighted by molar-refractivity contribution is 6.31. The molecule has 1 amide bonds. The number of rotatable bonds is 3. The van der Waals surface area contributed by atoms with Crippen LogP contribution in [0.1, 0.15) is 12.5 Å². The van der Waals surface area contributed by atoms with Crippen molar-refractivity contribution >= 4 is 34.3 Å². The Kier molecular flexibility index (Phi) is 4.89. The number of amides is 1. The maximum absolute atomic E-state index is 12.9. The molecular formula is C21H22ClN3O3. The van der Waals surface area contributed by atoms with E-state index >= 15 is 0 Å². The number of hydrogen-bond acceptors (Lipinski definition) is 4. The first-order valence-corrected chi connectivity index (χ1v) is 9.70. The molecule has 1 saturated heterocycles. The monoisotopic (exact) mass is 399 g/mol. The molecule has 1 aliphatic heterocycles. The standard InChI is InChI=1S/C21H22ClN3O3/c1-14-4-3-5-17(10-14)24-9-8-23(12-15(24)2)20(26)13-25-18-7-6-16(22)11-19(18)28-21(25)27/h3-7,10-11,15H,8-9,12-13H2,1-2H3/t15-/m1/s1. The van der Waals surface area contributed by atoms with Crippen molar-refractivity contribution in [3.63, 3.8) is 0 Å². The molecule has 0 saturated carbocycles. The molecule has 6 nitrogen and oxygen atoms in total. The van der Waals surface area contributed by atoms with Crippen molar-refractivity contribution in [1.29, 1.82) is 0 Å². The Balaban J connectivity index is 1.48. The average Bonchev–Trinajstić information content (AvgIpc) is 2.96. The third-order valence-electron chi connectivity index (χ3n) is 5.24. The number of carbonyl (C=O) groups excluding carboxylic acids is 1. The molecule has 1 fully saturated rings. The first-order valence-electron chi connectivity index (χ1n) is 9.32. The summed E-state index contributed by atoms with van der Waals surface area (Å²) in [6.07, 6.45) is 0. The van der Waals surface area contributed by atoms with Crippen molar-refractivity contribution in [3.05, 3.63) is 63.6 Å². The number of fused-ring (bicyclic) bond motifs is 1. The fraction of sp³-hybridized carbons (Fsp3) is 0.333. The smallest absolute Gasteiger partial charge is 0.408 e. The van der Waals surface area contributed by atoms with E-state index in [-0.39, 0.29) is 18.5 Å². The summed E-state index contributed by atoms with van der Waals surface area (Å²) in [5.74, 6) is -0.632. The van der Waals surface area contributed by atoms with E-state index in [2.05, 4.69) is 43.0 Å². The zero-order chi connectivity index (χ0) is 19.8. The van der Waals surface area contributed by atoms with Gasteiger partial charge in [-0.15, -0.1) is 0 Å². The minimum Gasteiger partial charge on any atom is -0.408 e. The predicted molar refractivity (Wildman–Crippen MR) is 110 cm³/mol. The molecule has 0 bridgehead atoms. The molecule has 0 N–H and O–H groups in total. The number of aromatic nitrogens is 1. The molecular weight excluding hydrogens is 378 g/mol. The van der Waals surface area contributed by atoms with Crippen LogP contribution in [0, 0.1) is 6.92 Å². The van der Waals surface area contributed by atoms with Crippen LogP contribution >= 0.6 is 11.6 Å². The van der Waals surface area contributed by atoms with Crippen LogP contribution in [0.15, 0.2) is 51.7 Å².